The second-order valence-corrected chi connectivity index (χ2v) is 8.62. The number of rotatable bonds is 7. The summed E-state index contributed by atoms with van der Waals surface area (Å²) in [5.41, 5.74) is -1.37. The summed E-state index contributed by atoms with van der Waals surface area (Å²) in [5, 5.41) is 2.36. The minimum atomic E-state index is -4.75. The minimum Gasteiger partial charge on any atom is -0.387 e. The monoisotopic (exact) mass is 392 g/mol. The number of sulfone groups is 1. The Hall–Kier alpha value is -1.70. The number of allylic oxidation sites excluding steroid dienone is 1. The number of alkyl halides is 3. The minimum absolute atomic E-state index is 0.0640. The molecule has 1 aromatic rings. The van der Waals surface area contributed by atoms with Crippen molar-refractivity contribution in [2.75, 3.05) is 32.7 Å². The highest BCUT2D eigenvalue weighted by molar-refractivity contribution is 7.91. The fraction of sp³-hybridized carbons (Fsp3) is 0.556. The molecule has 8 heteroatoms. The molecule has 2 rings (SSSR count). The summed E-state index contributed by atoms with van der Waals surface area (Å²) < 4.78 is 82.0. The molecule has 1 aliphatic carbocycles. The summed E-state index contributed by atoms with van der Waals surface area (Å²) in [4.78, 5) is 1.11. The van der Waals surface area contributed by atoms with E-state index in [1.165, 1.54) is 7.05 Å². The van der Waals surface area contributed by atoms with Gasteiger partial charge >= 0.3 is 6.18 Å². The zero-order valence-corrected chi connectivity index (χ0v) is 16.0. The summed E-state index contributed by atoms with van der Waals surface area (Å²) >= 11 is 0. The molecule has 0 aliphatic heterocycles. The third kappa shape index (κ3) is 5.16. The number of anilines is 1. The van der Waals surface area contributed by atoms with Gasteiger partial charge in [0.1, 0.15) is 0 Å². The van der Waals surface area contributed by atoms with Crippen molar-refractivity contribution in [1.29, 1.82) is 0 Å². The largest absolute Gasteiger partial charge is 0.418 e. The molecule has 26 heavy (non-hydrogen) atoms. The van der Waals surface area contributed by atoms with Gasteiger partial charge in [0.15, 0.2) is 9.84 Å². The first-order chi connectivity index (χ1) is 12.8. The number of hydrogen-bond acceptors (Lipinski definition) is 4. The molecular formula is C18H25F3N2O2S. The zero-order chi connectivity index (χ0) is 21.4. The van der Waals surface area contributed by atoms with Crippen LogP contribution in [0.2, 0.25) is 0 Å². The number of benzene rings is 1. The lowest BCUT2D eigenvalue weighted by Gasteiger charge is -2.20. The van der Waals surface area contributed by atoms with Gasteiger partial charge in [0.2, 0.25) is 0 Å². The second-order valence-electron chi connectivity index (χ2n) is 6.67. The van der Waals surface area contributed by atoms with Crippen molar-refractivity contribution in [1.82, 2.24) is 4.90 Å². The van der Waals surface area contributed by atoms with Crippen LogP contribution in [0.25, 0.3) is 0 Å². The molecule has 0 spiro atoms. The fourth-order valence-electron chi connectivity index (χ4n) is 2.74. The molecular weight excluding hydrogens is 365 g/mol. The lowest BCUT2D eigenvalue weighted by Crippen LogP contribution is -2.15. The van der Waals surface area contributed by atoms with Gasteiger partial charge in [-0.3, -0.25) is 0 Å². The molecule has 1 saturated carbocycles. The summed E-state index contributed by atoms with van der Waals surface area (Å²) in [5.74, 6) is 0.0824. The van der Waals surface area contributed by atoms with Gasteiger partial charge in [-0.15, -0.1) is 0 Å². The Morgan fingerprint density at radius 2 is 2.00 bits per heavy atom. The Kier molecular flexibility index (Phi) is 5.11. The van der Waals surface area contributed by atoms with Crippen molar-refractivity contribution in [2.45, 2.75) is 36.7 Å². The first-order valence-corrected chi connectivity index (χ1v) is 10.0. The molecule has 146 valence electrons. The van der Waals surface area contributed by atoms with Crippen molar-refractivity contribution in [2.24, 2.45) is 5.92 Å². The van der Waals surface area contributed by atoms with Crippen LogP contribution in [0.3, 0.4) is 0 Å². The van der Waals surface area contributed by atoms with Crippen molar-refractivity contribution in [3.05, 3.63) is 35.0 Å². The first kappa shape index (κ1) is 17.7. The first-order valence-electron chi connectivity index (χ1n) is 9.29. The van der Waals surface area contributed by atoms with Gasteiger partial charge in [-0.25, -0.2) is 8.42 Å². The van der Waals surface area contributed by atoms with Crippen LogP contribution in [0.5, 0.6) is 0 Å². The van der Waals surface area contributed by atoms with Crippen LogP contribution in [0, 0.1) is 5.92 Å². The Bertz CT molecular complexity index is 866. The molecule has 0 radical (unpaired) electrons. The molecule has 0 bridgehead atoms. The lowest BCUT2D eigenvalue weighted by molar-refractivity contribution is -0.137. The summed E-state index contributed by atoms with van der Waals surface area (Å²) in [6.45, 7) is 0. The van der Waals surface area contributed by atoms with Crippen LogP contribution in [-0.4, -0.2) is 40.7 Å². The summed E-state index contributed by atoms with van der Waals surface area (Å²) in [6.07, 6.45) is -2.62. The van der Waals surface area contributed by atoms with E-state index in [2.05, 4.69) is 5.32 Å². The maximum Gasteiger partial charge on any atom is 0.418 e. The molecule has 1 aliphatic rings. The van der Waals surface area contributed by atoms with Crippen LogP contribution in [0.4, 0.5) is 18.9 Å². The summed E-state index contributed by atoms with van der Waals surface area (Å²) in [7, 11) is 0.573. The average molecular weight is 392 g/mol. The van der Waals surface area contributed by atoms with Crippen LogP contribution in [0.1, 0.15) is 33.1 Å². The van der Waals surface area contributed by atoms with Gasteiger partial charge < -0.3 is 10.2 Å². The highest BCUT2D eigenvalue weighted by Crippen LogP contribution is 2.41. The van der Waals surface area contributed by atoms with E-state index in [1.807, 2.05) is 0 Å². The van der Waals surface area contributed by atoms with E-state index in [4.69, 9.17) is 2.74 Å². The standard InChI is InChI=1S/C18H25F3N2O2S/c1-22-16-15(18(19,20)21)8-7-14(17(16)26(4,24)25)10-13(11-23(2)3)9-12-5-6-12/h7-8,11-12,22H,5-6,9-10H2,1-4H3/i9D,10D. The molecule has 0 heterocycles. The molecule has 4 nitrogen and oxygen atoms in total. The van der Waals surface area contributed by atoms with Crippen molar-refractivity contribution in [3.63, 3.8) is 0 Å². The quantitative estimate of drug-likeness (QED) is 0.764. The van der Waals surface area contributed by atoms with E-state index in [9.17, 15) is 21.6 Å². The predicted molar refractivity (Wildman–Crippen MR) is 96.9 cm³/mol. The second kappa shape index (κ2) is 7.50. The average Bonchev–Trinajstić information content (AvgIpc) is 3.40. The van der Waals surface area contributed by atoms with E-state index in [1.54, 1.807) is 25.2 Å². The number of nitrogens with one attached hydrogen (secondary N) is 1. The maximum atomic E-state index is 13.4. The third-order valence-electron chi connectivity index (χ3n) is 3.89. The zero-order valence-electron chi connectivity index (χ0n) is 17.2. The highest BCUT2D eigenvalue weighted by atomic mass is 32.2. The Morgan fingerprint density at radius 3 is 2.42 bits per heavy atom. The SMILES string of the molecule is [2H]C(C(=CN(C)C)C([2H])C1CC1)c1ccc(C(F)(F)F)c(NC)c1S(C)(=O)=O. The van der Waals surface area contributed by atoms with E-state index >= 15 is 0 Å². The Labute approximate surface area is 155 Å². The molecule has 1 N–H and O–H groups in total. The number of hydrogen-bond donors (Lipinski definition) is 1. The molecule has 2 unspecified atom stereocenters. The van der Waals surface area contributed by atoms with E-state index in [0.717, 1.165) is 31.2 Å². The summed E-state index contributed by atoms with van der Waals surface area (Å²) in [6, 6.07) is 1.83. The topological polar surface area (TPSA) is 49.4 Å². The molecule has 1 fully saturated rings. The molecule has 1 aromatic carbocycles. The van der Waals surface area contributed by atoms with Crippen molar-refractivity contribution < 1.29 is 24.3 Å². The van der Waals surface area contributed by atoms with Crippen LogP contribution < -0.4 is 5.32 Å². The maximum absolute atomic E-state index is 13.4. The van der Waals surface area contributed by atoms with Gasteiger partial charge in [-0.2, -0.15) is 13.2 Å². The lowest BCUT2D eigenvalue weighted by atomic mass is 9.98. The molecule has 0 saturated heterocycles. The smallest absolute Gasteiger partial charge is 0.387 e. The number of nitrogens with zero attached hydrogens (tertiary/aromatic N) is 1. The normalized spacial score (nSPS) is 19.4. The van der Waals surface area contributed by atoms with Gasteiger partial charge in [-0.1, -0.05) is 6.07 Å². The Morgan fingerprint density at radius 1 is 1.38 bits per heavy atom. The van der Waals surface area contributed by atoms with Crippen LogP contribution in [0.15, 0.2) is 28.8 Å². The van der Waals surface area contributed by atoms with Crippen molar-refractivity contribution >= 4 is 15.5 Å². The van der Waals surface area contributed by atoms with Gasteiger partial charge in [0, 0.05) is 30.1 Å². The van der Waals surface area contributed by atoms with Crippen molar-refractivity contribution in [3.8, 4) is 0 Å². The molecule has 2 atom stereocenters. The highest BCUT2D eigenvalue weighted by Gasteiger charge is 2.36. The molecule has 0 amide bonds. The van der Waals surface area contributed by atoms with Gasteiger partial charge in [-0.05, 0) is 55.0 Å². The fourth-order valence-corrected chi connectivity index (χ4v) is 3.88. The van der Waals surface area contributed by atoms with Gasteiger partial charge in [0.05, 0.1) is 16.1 Å². The Balaban J connectivity index is 2.72. The van der Waals surface area contributed by atoms with Crippen LogP contribution >= 0.6 is 0 Å². The van der Waals surface area contributed by atoms with Gasteiger partial charge in [0.25, 0.3) is 0 Å². The molecule has 0 aromatic heterocycles. The van der Waals surface area contributed by atoms with Crippen LogP contribution in [-0.2, 0) is 22.4 Å². The number of halogens is 3. The third-order valence-corrected chi connectivity index (χ3v) is 5.08. The van der Waals surface area contributed by atoms with E-state index in [0.29, 0.717) is 5.57 Å². The predicted octanol–water partition coefficient (Wildman–Crippen LogP) is 3.94. The van der Waals surface area contributed by atoms with E-state index in [-0.39, 0.29) is 11.5 Å². The van der Waals surface area contributed by atoms with E-state index < -0.39 is 45.0 Å².